The van der Waals surface area contributed by atoms with Crippen molar-refractivity contribution < 1.29 is 9.47 Å². The second-order valence-corrected chi connectivity index (χ2v) is 6.72. The smallest absolute Gasteiger partial charge is 0.0662 e. The predicted molar refractivity (Wildman–Crippen MR) is 77.2 cm³/mol. The van der Waals surface area contributed by atoms with Gasteiger partial charge in [0.1, 0.15) is 0 Å². The molecule has 4 nitrogen and oxygen atoms in total. The van der Waals surface area contributed by atoms with Crippen molar-refractivity contribution in [2.24, 2.45) is 11.1 Å². The van der Waals surface area contributed by atoms with E-state index in [9.17, 15) is 0 Å². The Kier molecular flexibility index (Phi) is 4.56. The van der Waals surface area contributed by atoms with Gasteiger partial charge in [-0.2, -0.15) is 0 Å². The van der Waals surface area contributed by atoms with Crippen LogP contribution in [0.25, 0.3) is 0 Å². The van der Waals surface area contributed by atoms with E-state index in [0.717, 1.165) is 38.8 Å². The predicted octanol–water partition coefficient (Wildman–Crippen LogP) is 1.63. The van der Waals surface area contributed by atoms with E-state index in [4.69, 9.17) is 15.2 Å². The molecular weight excluding hydrogens is 240 g/mol. The molecule has 112 valence electrons. The number of nitrogens with two attached hydrogens (primary N) is 1. The lowest BCUT2D eigenvalue weighted by Crippen LogP contribution is -2.73. The first-order chi connectivity index (χ1) is 8.94. The van der Waals surface area contributed by atoms with Gasteiger partial charge in [0.25, 0.3) is 0 Å². The van der Waals surface area contributed by atoms with Crippen LogP contribution in [-0.4, -0.2) is 56.0 Å². The highest BCUT2D eigenvalue weighted by atomic mass is 16.5. The molecule has 0 spiro atoms. The first-order valence-electron chi connectivity index (χ1n) is 7.58. The van der Waals surface area contributed by atoms with Gasteiger partial charge in [-0.3, -0.25) is 4.90 Å². The summed E-state index contributed by atoms with van der Waals surface area (Å²) in [6.45, 7) is 10.1. The molecule has 2 N–H and O–H groups in total. The number of hydrogen-bond donors (Lipinski definition) is 1. The number of rotatable bonds is 8. The third-order valence-electron chi connectivity index (χ3n) is 5.14. The average Bonchev–Trinajstić information content (AvgIpc) is 3.18. The Morgan fingerprint density at radius 1 is 1.32 bits per heavy atom. The minimum Gasteiger partial charge on any atom is -0.383 e. The fourth-order valence-corrected chi connectivity index (χ4v) is 3.18. The van der Waals surface area contributed by atoms with Crippen LogP contribution in [0.4, 0.5) is 0 Å². The van der Waals surface area contributed by atoms with Gasteiger partial charge in [-0.05, 0) is 26.2 Å². The number of hydrogen-bond acceptors (Lipinski definition) is 4. The van der Waals surface area contributed by atoms with Gasteiger partial charge in [0.15, 0.2) is 0 Å². The van der Waals surface area contributed by atoms with Crippen LogP contribution in [0.15, 0.2) is 0 Å². The first-order valence-corrected chi connectivity index (χ1v) is 7.58. The van der Waals surface area contributed by atoms with E-state index in [1.54, 1.807) is 7.11 Å². The van der Waals surface area contributed by atoms with Crippen LogP contribution in [-0.2, 0) is 9.47 Å². The molecule has 0 aromatic carbocycles. The second kappa shape index (κ2) is 5.68. The van der Waals surface area contributed by atoms with Gasteiger partial charge in [-0.15, -0.1) is 0 Å². The number of ether oxygens (including phenoxy) is 2. The van der Waals surface area contributed by atoms with E-state index in [2.05, 4.69) is 25.7 Å². The summed E-state index contributed by atoms with van der Waals surface area (Å²) in [5.74, 6) is 0. The van der Waals surface area contributed by atoms with Crippen LogP contribution >= 0.6 is 0 Å². The van der Waals surface area contributed by atoms with Crippen molar-refractivity contribution in [3.05, 3.63) is 0 Å². The Hall–Kier alpha value is -0.160. The van der Waals surface area contributed by atoms with Gasteiger partial charge in [-0.1, -0.05) is 13.8 Å². The second-order valence-electron chi connectivity index (χ2n) is 6.72. The zero-order chi connectivity index (χ0) is 14.1. The summed E-state index contributed by atoms with van der Waals surface area (Å²) in [4.78, 5) is 2.52. The Morgan fingerprint density at radius 2 is 2.00 bits per heavy atom. The van der Waals surface area contributed by atoms with E-state index >= 15 is 0 Å². The summed E-state index contributed by atoms with van der Waals surface area (Å²) >= 11 is 0. The van der Waals surface area contributed by atoms with Crippen molar-refractivity contribution in [1.29, 1.82) is 0 Å². The van der Waals surface area contributed by atoms with Crippen molar-refractivity contribution >= 4 is 0 Å². The van der Waals surface area contributed by atoms with Crippen molar-refractivity contribution in [1.82, 2.24) is 4.90 Å². The molecule has 4 heteroatoms. The molecule has 0 saturated heterocycles. The summed E-state index contributed by atoms with van der Waals surface area (Å²) in [7, 11) is 1.77. The van der Waals surface area contributed by atoms with E-state index < -0.39 is 0 Å². The average molecular weight is 270 g/mol. The molecule has 0 aromatic rings. The third-order valence-corrected chi connectivity index (χ3v) is 5.14. The largest absolute Gasteiger partial charge is 0.383 e. The van der Waals surface area contributed by atoms with Gasteiger partial charge < -0.3 is 15.2 Å². The Balaban J connectivity index is 1.93. The molecule has 0 amide bonds. The zero-order valence-corrected chi connectivity index (χ0v) is 12.9. The molecule has 0 aliphatic heterocycles. The lowest BCUT2D eigenvalue weighted by Gasteiger charge is -2.60. The molecule has 0 bridgehead atoms. The van der Waals surface area contributed by atoms with Gasteiger partial charge >= 0.3 is 0 Å². The van der Waals surface area contributed by atoms with E-state index in [1.807, 2.05) is 0 Å². The molecule has 0 radical (unpaired) electrons. The van der Waals surface area contributed by atoms with Crippen LogP contribution < -0.4 is 5.73 Å². The molecule has 2 aliphatic carbocycles. The van der Waals surface area contributed by atoms with Crippen molar-refractivity contribution in [2.45, 2.75) is 57.7 Å². The third kappa shape index (κ3) is 2.97. The van der Waals surface area contributed by atoms with Crippen LogP contribution in [0.5, 0.6) is 0 Å². The molecule has 2 unspecified atom stereocenters. The minimum absolute atomic E-state index is 0.0588. The van der Waals surface area contributed by atoms with Gasteiger partial charge in [0.2, 0.25) is 0 Å². The Labute approximate surface area is 117 Å². The maximum absolute atomic E-state index is 6.68. The Morgan fingerprint density at radius 3 is 2.47 bits per heavy atom. The zero-order valence-electron chi connectivity index (χ0n) is 12.9. The highest BCUT2D eigenvalue weighted by Crippen LogP contribution is 2.50. The highest BCUT2D eigenvalue weighted by Gasteiger charge is 2.59. The molecule has 2 atom stereocenters. The molecule has 0 heterocycles. The van der Waals surface area contributed by atoms with Crippen LogP contribution in [0.1, 0.15) is 40.0 Å². The summed E-state index contributed by atoms with van der Waals surface area (Å²) in [6, 6.07) is 0.734. The van der Waals surface area contributed by atoms with E-state index in [0.29, 0.717) is 6.10 Å². The standard InChI is InChI=1S/C15H30N2O2/c1-5-19-13-10-15(16,14(13,2)3)11-17(8-9-18-4)12-6-7-12/h12-13H,5-11,16H2,1-4H3. The highest BCUT2D eigenvalue weighted by molar-refractivity contribution is 5.15. The lowest BCUT2D eigenvalue weighted by molar-refractivity contribution is -0.157. The quantitative estimate of drug-likeness (QED) is 0.728. The minimum atomic E-state index is -0.122. The van der Waals surface area contributed by atoms with Crippen molar-refractivity contribution in [3.8, 4) is 0 Å². The fourth-order valence-electron chi connectivity index (χ4n) is 3.18. The number of nitrogens with zero attached hydrogens (tertiary/aromatic N) is 1. The Bertz CT molecular complexity index is 305. The molecule has 2 fully saturated rings. The van der Waals surface area contributed by atoms with Crippen LogP contribution in [0.2, 0.25) is 0 Å². The van der Waals surface area contributed by atoms with Gasteiger partial charge in [0.05, 0.1) is 12.7 Å². The summed E-state index contributed by atoms with van der Waals surface area (Å²) in [6.07, 6.45) is 3.92. The van der Waals surface area contributed by atoms with E-state index in [1.165, 1.54) is 12.8 Å². The topological polar surface area (TPSA) is 47.7 Å². The van der Waals surface area contributed by atoms with Gasteiger partial charge in [-0.25, -0.2) is 0 Å². The maximum atomic E-state index is 6.68. The summed E-state index contributed by atoms with van der Waals surface area (Å²) in [5.41, 5.74) is 6.61. The van der Waals surface area contributed by atoms with E-state index in [-0.39, 0.29) is 11.0 Å². The SMILES string of the molecule is CCOC1CC(N)(CN(CCOC)C2CC2)C1(C)C. The molecule has 2 saturated carbocycles. The maximum Gasteiger partial charge on any atom is 0.0662 e. The van der Waals surface area contributed by atoms with Gasteiger partial charge in [0, 0.05) is 43.8 Å². The number of methoxy groups -OCH3 is 1. The van der Waals surface area contributed by atoms with Crippen molar-refractivity contribution in [2.75, 3.05) is 33.4 Å². The normalized spacial score (nSPS) is 33.5. The summed E-state index contributed by atoms with van der Waals surface area (Å²) < 4.78 is 11.0. The van der Waals surface area contributed by atoms with Crippen molar-refractivity contribution in [3.63, 3.8) is 0 Å². The summed E-state index contributed by atoms with van der Waals surface area (Å²) in [5, 5.41) is 0. The molecule has 2 rings (SSSR count). The monoisotopic (exact) mass is 270 g/mol. The molecule has 19 heavy (non-hydrogen) atoms. The molecule has 2 aliphatic rings. The first kappa shape index (κ1) is 15.2. The fraction of sp³-hybridized carbons (Fsp3) is 1.00. The lowest BCUT2D eigenvalue weighted by atomic mass is 9.54. The molecule has 0 aromatic heterocycles. The van der Waals surface area contributed by atoms with Crippen LogP contribution in [0, 0.1) is 5.41 Å². The van der Waals surface area contributed by atoms with Crippen LogP contribution in [0.3, 0.4) is 0 Å². The molecular formula is C15H30N2O2.